The Kier molecular flexibility index (Phi) is 3.64. The lowest BCUT2D eigenvalue weighted by Crippen LogP contribution is -1.82. The third-order valence-corrected chi connectivity index (χ3v) is 1.88. The Bertz CT molecular complexity index is 338. The van der Waals surface area contributed by atoms with Gasteiger partial charge in [-0.3, -0.25) is 0 Å². The van der Waals surface area contributed by atoms with Crippen LogP contribution in [-0.4, -0.2) is 5.75 Å². The van der Waals surface area contributed by atoms with E-state index < -0.39 is 0 Å². The van der Waals surface area contributed by atoms with E-state index in [1.807, 2.05) is 0 Å². The van der Waals surface area contributed by atoms with Crippen LogP contribution in [-0.2, 0) is 0 Å². The first-order valence-electron chi connectivity index (χ1n) is 3.29. The molecule has 62 valence electrons. The summed E-state index contributed by atoms with van der Waals surface area (Å²) in [7, 11) is 0. The maximum Gasteiger partial charge on any atom is 0.138 e. The van der Waals surface area contributed by atoms with Gasteiger partial charge in [-0.1, -0.05) is 27.8 Å². The molecule has 0 nitrogen and oxygen atoms in total. The summed E-state index contributed by atoms with van der Waals surface area (Å²) >= 11 is 7.14. The Hall–Kier alpha value is -0.460. The molecule has 0 heterocycles. The summed E-state index contributed by atoms with van der Waals surface area (Å²) in [5.41, 5.74) is 0.401. The molecule has 0 aliphatic heterocycles. The van der Waals surface area contributed by atoms with Crippen LogP contribution in [0.2, 0.25) is 0 Å². The van der Waals surface area contributed by atoms with E-state index in [1.54, 1.807) is 12.1 Å². The predicted octanol–water partition coefficient (Wildman–Crippen LogP) is 2.87. The van der Waals surface area contributed by atoms with Crippen molar-refractivity contribution in [3.63, 3.8) is 0 Å². The van der Waals surface area contributed by atoms with Crippen molar-refractivity contribution in [1.82, 2.24) is 0 Å². The molecule has 0 bridgehead atoms. The van der Waals surface area contributed by atoms with Crippen molar-refractivity contribution < 1.29 is 4.39 Å². The molecule has 0 aliphatic carbocycles. The molecular formula is C9H6BrFS. The molecule has 1 aromatic carbocycles. The molecule has 0 unspecified atom stereocenters. The molecule has 3 heteroatoms. The highest BCUT2D eigenvalue weighted by molar-refractivity contribution is 9.10. The van der Waals surface area contributed by atoms with Crippen LogP contribution in [0.5, 0.6) is 0 Å². The van der Waals surface area contributed by atoms with E-state index in [2.05, 4.69) is 40.4 Å². The normalized spacial score (nSPS) is 8.92. The van der Waals surface area contributed by atoms with E-state index in [-0.39, 0.29) is 5.82 Å². The first kappa shape index (κ1) is 9.63. The molecule has 0 radical (unpaired) electrons. The summed E-state index contributed by atoms with van der Waals surface area (Å²) < 4.78 is 13.8. The van der Waals surface area contributed by atoms with E-state index in [1.165, 1.54) is 6.07 Å². The minimum absolute atomic E-state index is 0.299. The predicted molar refractivity (Wildman–Crippen MR) is 54.8 cm³/mol. The number of hydrogen-bond acceptors (Lipinski definition) is 1. The molecule has 1 rings (SSSR count). The number of rotatable bonds is 0. The first-order valence-corrected chi connectivity index (χ1v) is 4.71. The van der Waals surface area contributed by atoms with Gasteiger partial charge in [0.2, 0.25) is 0 Å². The molecule has 0 N–H and O–H groups in total. The van der Waals surface area contributed by atoms with Gasteiger partial charge in [0.05, 0.1) is 11.3 Å². The van der Waals surface area contributed by atoms with Crippen LogP contribution in [0.25, 0.3) is 0 Å². The smallest absolute Gasteiger partial charge is 0.138 e. The third kappa shape index (κ3) is 2.54. The lowest BCUT2D eigenvalue weighted by Gasteiger charge is -1.94. The van der Waals surface area contributed by atoms with E-state index in [0.717, 1.165) is 4.47 Å². The number of halogens is 2. The first-order chi connectivity index (χ1) is 5.74. The van der Waals surface area contributed by atoms with Crippen molar-refractivity contribution >= 4 is 28.6 Å². The fourth-order valence-electron chi connectivity index (χ4n) is 0.728. The zero-order valence-corrected chi connectivity index (χ0v) is 8.62. The Morgan fingerprint density at radius 3 is 2.92 bits per heavy atom. The van der Waals surface area contributed by atoms with Gasteiger partial charge < -0.3 is 0 Å². The number of thiol groups is 1. The summed E-state index contributed by atoms with van der Waals surface area (Å²) in [6, 6.07) is 4.67. The maximum absolute atomic E-state index is 12.9. The minimum atomic E-state index is -0.299. The van der Waals surface area contributed by atoms with Crippen LogP contribution in [0.4, 0.5) is 4.39 Å². The molecule has 0 fully saturated rings. The van der Waals surface area contributed by atoms with Crippen LogP contribution in [0.1, 0.15) is 5.56 Å². The minimum Gasteiger partial charge on any atom is -0.206 e. The largest absolute Gasteiger partial charge is 0.206 e. The SMILES string of the molecule is Fc1ccc(Br)cc1C#CCS. The summed E-state index contributed by atoms with van der Waals surface area (Å²) in [6.45, 7) is 0. The van der Waals surface area contributed by atoms with Crippen molar-refractivity contribution in [3.8, 4) is 11.8 Å². The fourth-order valence-corrected chi connectivity index (χ4v) is 1.17. The summed E-state index contributed by atoms with van der Waals surface area (Å²) in [6.07, 6.45) is 0. The monoisotopic (exact) mass is 244 g/mol. The van der Waals surface area contributed by atoms with E-state index in [9.17, 15) is 4.39 Å². The Morgan fingerprint density at radius 2 is 2.25 bits per heavy atom. The van der Waals surface area contributed by atoms with E-state index >= 15 is 0 Å². The topological polar surface area (TPSA) is 0 Å². The standard InChI is InChI=1S/C9H6BrFS/c10-8-3-4-9(11)7(6-8)2-1-5-12/h3-4,6,12H,5H2. The molecule has 0 spiro atoms. The van der Waals surface area contributed by atoms with Crippen LogP contribution < -0.4 is 0 Å². The fraction of sp³-hybridized carbons (Fsp3) is 0.111. The third-order valence-electron chi connectivity index (χ3n) is 1.23. The van der Waals surface area contributed by atoms with Gasteiger partial charge in [0.1, 0.15) is 5.82 Å². The zero-order chi connectivity index (χ0) is 8.97. The highest BCUT2D eigenvalue weighted by atomic mass is 79.9. The van der Waals surface area contributed by atoms with Crippen molar-refractivity contribution in [3.05, 3.63) is 34.1 Å². The van der Waals surface area contributed by atoms with Gasteiger partial charge in [-0.05, 0) is 18.2 Å². The molecule has 0 saturated carbocycles. The molecular weight excluding hydrogens is 239 g/mol. The van der Waals surface area contributed by atoms with Gasteiger partial charge in [0.25, 0.3) is 0 Å². The molecule has 0 aromatic heterocycles. The molecule has 1 aromatic rings. The van der Waals surface area contributed by atoms with Gasteiger partial charge in [0.15, 0.2) is 0 Å². The number of benzene rings is 1. The summed E-state index contributed by atoms with van der Waals surface area (Å²) in [5, 5.41) is 0. The molecule has 0 aliphatic rings. The Labute approximate surface area is 84.7 Å². The second kappa shape index (κ2) is 4.54. The highest BCUT2D eigenvalue weighted by Crippen LogP contribution is 2.14. The van der Waals surface area contributed by atoms with Gasteiger partial charge in [-0.15, -0.1) is 0 Å². The Morgan fingerprint density at radius 1 is 1.50 bits per heavy atom. The highest BCUT2D eigenvalue weighted by Gasteiger charge is 1.97. The van der Waals surface area contributed by atoms with Crippen molar-refractivity contribution in [2.24, 2.45) is 0 Å². The average Bonchev–Trinajstić information content (AvgIpc) is 2.07. The average molecular weight is 245 g/mol. The van der Waals surface area contributed by atoms with Crippen molar-refractivity contribution in [2.75, 3.05) is 5.75 Å². The lowest BCUT2D eigenvalue weighted by atomic mass is 10.2. The lowest BCUT2D eigenvalue weighted by molar-refractivity contribution is 0.624. The quantitative estimate of drug-likeness (QED) is 0.527. The van der Waals surface area contributed by atoms with Gasteiger partial charge in [-0.25, -0.2) is 4.39 Å². The van der Waals surface area contributed by atoms with Crippen LogP contribution >= 0.6 is 28.6 Å². The summed E-state index contributed by atoms with van der Waals surface area (Å²) in [4.78, 5) is 0. The van der Waals surface area contributed by atoms with Gasteiger partial charge in [0, 0.05) is 4.47 Å². The molecule has 0 amide bonds. The molecule has 0 atom stereocenters. The Balaban J connectivity index is 3.05. The second-order valence-electron chi connectivity index (χ2n) is 2.08. The summed E-state index contributed by atoms with van der Waals surface area (Å²) in [5.74, 6) is 5.50. The molecule has 0 saturated heterocycles. The van der Waals surface area contributed by atoms with Crippen molar-refractivity contribution in [1.29, 1.82) is 0 Å². The number of hydrogen-bond donors (Lipinski definition) is 1. The van der Waals surface area contributed by atoms with Gasteiger partial charge >= 0.3 is 0 Å². The van der Waals surface area contributed by atoms with Gasteiger partial charge in [-0.2, -0.15) is 12.6 Å². The van der Waals surface area contributed by atoms with Crippen LogP contribution in [0.15, 0.2) is 22.7 Å². The second-order valence-corrected chi connectivity index (χ2v) is 3.32. The van der Waals surface area contributed by atoms with E-state index in [0.29, 0.717) is 11.3 Å². The van der Waals surface area contributed by atoms with Crippen LogP contribution in [0, 0.1) is 17.7 Å². The zero-order valence-electron chi connectivity index (χ0n) is 6.14. The van der Waals surface area contributed by atoms with Crippen molar-refractivity contribution in [2.45, 2.75) is 0 Å². The van der Waals surface area contributed by atoms with E-state index in [4.69, 9.17) is 0 Å². The molecule has 12 heavy (non-hydrogen) atoms. The maximum atomic E-state index is 12.9. The van der Waals surface area contributed by atoms with Crippen LogP contribution in [0.3, 0.4) is 0 Å².